The number of fused-ring (bicyclic) bond motifs is 3. The van der Waals surface area contributed by atoms with Gasteiger partial charge in [0.2, 0.25) is 5.95 Å². The molecule has 0 atom stereocenters. The van der Waals surface area contributed by atoms with E-state index in [4.69, 9.17) is 15.9 Å². The summed E-state index contributed by atoms with van der Waals surface area (Å²) >= 11 is 0. The molecule has 1 aliphatic heterocycles. The molecule has 6 nitrogen and oxygen atoms in total. The van der Waals surface area contributed by atoms with E-state index in [-0.39, 0.29) is 43.7 Å². The molecule has 0 saturated carbocycles. The second-order valence-electron chi connectivity index (χ2n) is 5.78. The van der Waals surface area contributed by atoms with Gasteiger partial charge in [-0.05, 0) is 0 Å². The van der Waals surface area contributed by atoms with Crippen LogP contribution in [0.4, 0.5) is 20.5 Å². The average molecular weight is 332 g/mol. The minimum Gasteiger partial charge on any atom is -0.455 e. The Morgan fingerprint density at radius 3 is 2.68 bits per heavy atom. The minimum absolute atomic E-state index is 0. The fraction of sp³-hybridized carbons (Fsp3) is 0.538. The summed E-state index contributed by atoms with van der Waals surface area (Å²) in [5.74, 6) is -1.53. The van der Waals surface area contributed by atoms with Gasteiger partial charge in [0, 0.05) is 44.0 Å². The zero-order valence-electron chi connectivity index (χ0n) is 11.7. The molecule has 1 aliphatic carbocycles. The maximum Gasteiger partial charge on any atom is 0.252 e. The lowest BCUT2D eigenvalue weighted by molar-refractivity contribution is -0.0140. The molecule has 0 amide bonds. The first-order valence-corrected chi connectivity index (χ1v) is 6.89. The molecule has 4 rings (SSSR count). The first-order valence-electron chi connectivity index (χ1n) is 6.89. The van der Waals surface area contributed by atoms with Crippen LogP contribution in [-0.4, -0.2) is 35.0 Å². The van der Waals surface area contributed by atoms with Crippen LogP contribution in [0, 0.1) is 0 Å². The average Bonchev–Trinajstić information content (AvgIpc) is 2.71. The Labute approximate surface area is 131 Å². The van der Waals surface area contributed by atoms with Gasteiger partial charge in [-0.15, -0.1) is 12.4 Å². The Hall–Kier alpha value is -1.67. The van der Waals surface area contributed by atoms with Gasteiger partial charge in [-0.25, -0.2) is 13.8 Å². The second-order valence-corrected chi connectivity index (χ2v) is 5.78. The molecule has 0 aromatic carbocycles. The predicted molar refractivity (Wildman–Crippen MR) is 80.6 cm³/mol. The Morgan fingerprint density at radius 1 is 1.27 bits per heavy atom. The third-order valence-electron chi connectivity index (χ3n) is 4.08. The first kappa shape index (κ1) is 15.2. The molecule has 2 aliphatic rings. The van der Waals surface area contributed by atoms with Crippen LogP contribution >= 0.6 is 12.4 Å². The minimum atomic E-state index is -2.72. The van der Waals surface area contributed by atoms with E-state index in [1.165, 1.54) is 0 Å². The number of alkyl halides is 2. The van der Waals surface area contributed by atoms with Crippen molar-refractivity contribution in [1.82, 2.24) is 9.97 Å². The van der Waals surface area contributed by atoms with Crippen molar-refractivity contribution in [1.29, 1.82) is 0 Å². The molecule has 0 radical (unpaired) electrons. The van der Waals surface area contributed by atoms with Crippen molar-refractivity contribution in [3.8, 4) is 0 Å². The van der Waals surface area contributed by atoms with E-state index in [1.807, 2.05) is 4.90 Å². The number of halogens is 3. The van der Waals surface area contributed by atoms with Crippen LogP contribution in [0.3, 0.4) is 0 Å². The normalized spacial score (nSPS) is 20.4. The van der Waals surface area contributed by atoms with Crippen molar-refractivity contribution in [3.63, 3.8) is 0 Å². The van der Waals surface area contributed by atoms with Gasteiger partial charge >= 0.3 is 0 Å². The number of aryl methyl sites for hydroxylation is 1. The summed E-state index contributed by atoms with van der Waals surface area (Å²) in [7, 11) is 0. The summed E-state index contributed by atoms with van der Waals surface area (Å²) in [5, 5.41) is 0. The van der Waals surface area contributed by atoms with Crippen LogP contribution < -0.4 is 16.4 Å². The molecule has 1 fully saturated rings. The number of aromatic nitrogens is 2. The number of nitrogens with zero attached hydrogens (tertiary/aromatic N) is 3. The highest BCUT2D eigenvalue weighted by Gasteiger charge is 2.39. The number of hydrogen-bond acceptors (Lipinski definition) is 6. The molecule has 1 saturated heterocycles. The second kappa shape index (κ2) is 4.92. The third-order valence-corrected chi connectivity index (χ3v) is 4.08. The van der Waals surface area contributed by atoms with E-state index in [0.29, 0.717) is 41.3 Å². The molecule has 3 heterocycles. The van der Waals surface area contributed by atoms with Gasteiger partial charge < -0.3 is 20.8 Å². The number of hydrogen-bond donors (Lipinski definition) is 2. The number of nitrogen functional groups attached to an aromatic ring is 1. The molecule has 2 aromatic heterocycles. The molecule has 120 valence electrons. The quantitative estimate of drug-likeness (QED) is 0.822. The lowest BCUT2D eigenvalue weighted by atomic mass is 9.94. The summed E-state index contributed by atoms with van der Waals surface area (Å²) in [6.07, 6.45) is -0.352. The van der Waals surface area contributed by atoms with E-state index in [2.05, 4.69) is 9.97 Å². The Bertz CT molecular complexity index is 729. The molecular formula is C13H16ClF2N5O. The van der Waals surface area contributed by atoms with Gasteiger partial charge in [0.15, 0.2) is 11.4 Å². The van der Waals surface area contributed by atoms with Crippen molar-refractivity contribution < 1.29 is 13.2 Å². The summed E-state index contributed by atoms with van der Waals surface area (Å²) in [4.78, 5) is 10.2. The highest BCUT2D eigenvalue weighted by molar-refractivity contribution is 5.89. The molecular weight excluding hydrogens is 316 g/mol. The van der Waals surface area contributed by atoms with Gasteiger partial charge in [-0.1, -0.05) is 0 Å². The third kappa shape index (κ3) is 2.26. The lowest BCUT2D eigenvalue weighted by Crippen LogP contribution is -2.56. The van der Waals surface area contributed by atoms with Crippen molar-refractivity contribution in [3.05, 3.63) is 11.3 Å². The largest absolute Gasteiger partial charge is 0.455 e. The topological polar surface area (TPSA) is 94.2 Å². The van der Waals surface area contributed by atoms with E-state index in [9.17, 15) is 8.78 Å². The van der Waals surface area contributed by atoms with Gasteiger partial charge in [-0.3, -0.25) is 0 Å². The first-order chi connectivity index (χ1) is 9.93. The van der Waals surface area contributed by atoms with Crippen LogP contribution in [0.25, 0.3) is 11.1 Å². The monoisotopic (exact) mass is 331 g/mol. The van der Waals surface area contributed by atoms with Crippen molar-refractivity contribution in [2.45, 2.75) is 31.2 Å². The van der Waals surface area contributed by atoms with Gasteiger partial charge in [-0.2, -0.15) is 4.98 Å². The van der Waals surface area contributed by atoms with E-state index < -0.39 is 5.92 Å². The van der Waals surface area contributed by atoms with E-state index in [1.54, 1.807) is 0 Å². The van der Waals surface area contributed by atoms with Crippen LogP contribution in [0.2, 0.25) is 0 Å². The van der Waals surface area contributed by atoms with Gasteiger partial charge in [0.1, 0.15) is 11.3 Å². The zero-order valence-corrected chi connectivity index (χ0v) is 12.5. The van der Waals surface area contributed by atoms with E-state index in [0.717, 1.165) is 0 Å². The van der Waals surface area contributed by atoms with Gasteiger partial charge in [0.05, 0.1) is 0 Å². The van der Waals surface area contributed by atoms with Crippen LogP contribution in [-0.2, 0) is 12.8 Å². The smallest absolute Gasteiger partial charge is 0.252 e. The van der Waals surface area contributed by atoms with Crippen molar-refractivity contribution in [2.75, 3.05) is 23.7 Å². The fourth-order valence-electron chi connectivity index (χ4n) is 3.00. The summed E-state index contributed by atoms with van der Waals surface area (Å²) < 4.78 is 33.0. The number of nitrogens with two attached hydrogens (primary N) is 2. The number of rotatable bonds is 1. The summed E-state index contributed by atoms with van der Waals surface area (Å²) in [6, 6.07) is 0.0881. The molecule has 9 heteroatoms. The fourth-order valence-corrected chi connectivity index (χ4v) is 3.00. The van der Waals surface area contributed by atoms with E-state index >= 15 is 0 Å². The summed E-state index contributed by atoms with van der Waals surface area (Å²) in [6.45, 7) is 1.29. The Kier molecular flexibility index (Phi) is 3.41. The standard InChI is InChI=1S/C13H15F2N5O.ClH/c14-13(15)2-1-8-7(3-13)9-10(21-8)11(19-12(17)18-9)20-4-6(16)5-20;/h6H,1-5,16H2,(H2,17,18,19);1H. The zero-order chi connectivity index (χ0) is 14.8. The van der Waals surface area contributed by atoms with Crippen LogP contribution in [0.15, 0.2) is 4.42 Å². The van der Waals surface area contributed by atoms with Crippen LogP contribution in [0.1, 0.15) is 17.7 Å². The molecule has 22 heavy (non-hydrogen) atoms. The SMILES string of the molecule is Cl.Nc1nc(N2CC(N)C2)c2oc3c(c2n1)CC(F)(F)CC3. The lowest BCUT2D eigenvalue weighted by Gasteiger charge is -2.37. The Balaban J connectivity index is 0.00000144. The highest BCUT2D eigenvalue weighted by atomic mass is 35.5. The van der Waals surface area contributed by atoms with Crippen molar-refractivity contribution in [2.24, 2.45) is 5.73 Å². The van der Waals surface area contributed by atoms with Gasteiger partial charge in [0.25, 0.3) is 5.92 Å². The molecule has 0 unspecified atom stereocenters. The molecule has 4 N–H and O–H groups in total. The molecule has 0 bridgehead atoms. The molecule has 2 aromatic rings. The maximum atomic E-state index is 13.6. The van der Waals surface area contributed by atoms with Crippen LogP contribution in [0.5, 0.6) is 0 Å². The Morgan fingerprint density at radius 2 is 2.00 bits per heavy atom. The maximum absolute atomic E-state index is 13.6. The van der Waals surface area contributed by atoms with Crippen molar-refractivity contribution >= 4 is 35.3 Å². The number of anilines is 2. The highest BCUT2D eigenvalue weighted by Crippen LogP contribution is 2.40. The predicted octanol–water partition coefficient (Wildman–Crippen LogP) is 1.50. The molecule has 0 spiro atoms. The number of furan rings is 1. The summed E-state index contributed by atoms with van der Waals surface area (Å²) in [5.41, 5.74) is 12.8.